The first-order valence-electron chi connectivity index (χ1n) is 10.2. The normalized spacial score (nSPS) is 12.5. The van der Waals surface area contributed by atoms with Gasteiger partial charge in [-0.3, -0.25) is 4.98 Å². The Kier molecular flexibility index (Phi) is 3.83. The largest absolute Gasteiger partial charge is 0.255 e. The van der Waals surface area contributed by atoms with Crippen molar-refractivity contribution in [2.45, 2.75) is 26.2 Å². The van der Waals surface area contributed by atoms with Gasteiger partial charge >= 0.3 is 0 Å². The van der Waals surface area contributed by atoms with Gasteiger partial charge in [-0.05, 0) is 68.9 Å². The van der Waals surface area contributed by atoms with Crippen LogP contribution in [0.5, 0.6) is 0 Å². The summed E-state index contributed by atoms with van der Waals surface area (Å²) in [6.45, 7) is 6.87. The molecule has 3 aromatic carbocycles. The third-order valence-corrected chi connectivity index (χ3v) is 7.96. The maximum Gasteiger partial charge on any atom is 0.0880 e. The molecule has 0 saturated heterocycles. The highest BCUT2D eigenvalue weighted by Crippen LogP contribution is 2.42. The molecule has 0 saturated carbocycles. The molecule has 0 amide bonds. The number of thiophene rings is 2. The molecule has 0 bridgehead atoms. The van der Waals surface area contributed by atoms with Gasteiger partial charge in [-0.1, -0.05) is 45.0 Å². The minimum absolute atomic E-state index is 0.0635. The highest BCUT2D eigenvalue weighted by atomic mass is 32.1. The van der Waals surface area contributed by atoms with Crippen molar-refractivity contribution in [1.29, 1.82) is 0 Å². The molecule has 0 unspecified atom stereocenters. The van der Waals surface area contributed by atoms with Crippen molar-refractivity contribution in [3.05, 3.63) is 77.8 Å². The molecule has 0 aliphatic carbocycles. The van der Waals surface area contributed by atoms with Crippen LogP contribution < -0.4 is 0 Å². The number of hydrogen-bond donors (Lipinski definition) is 0. The zero-order valence-corrected chi connectivity index (χ0v) is 18.8. The van der Waals surface area contributed by atoms with Crippen LogP contribution in [0.25, 0.3) is 52.3 Å². The van der Waals surface area contributed by atoms with Crippen LogP contribution in [0, 0.1) is 0 Å². The topological polar surface area (TPSA) is 12.9 Å². The molecule has 30 heavy (non-hydrogen) atoms. The SMILES string of the molecule is CC(C)(C)c1cc(-c2nccc3c2sc2cc4sccc4cc23)cc2ccccc12. The van der Waals surface area contributed by atoms with E-state index in [4.69, 9.17) is 4.98 Å². The lowest BCUT2D eigenvalue weighted by Crippen LogP contribution is -2.12. The molecule has 3 aromatic heterocycles. The number of rotatable bonds is 1. The van der Waals surface area contributed by atoms with E-state index in [-0.39, 0.29) is 5.41 Å². The lowest BCUT2D eigenvalue weighted by molar-refractivity contribution is 0.596. The van der Waals surface area contributed by atoms with Gasteiger partial charge in [0.2, 0.25) is 0 Å². The summed E-state index contributed by atoms with van der Waals surface area (Å²) in [5, 5.41) is 8.75. The molecule has 3 heterocycles. The van der Waals surface area contributed by atoms with Crippen LogP contribution >= 0.6 is 22.7 Å². The van der Waals surface area contributed by atoms with E-state index >= 15 is 0 Å². The Bertz CT molecular complexity index is 1580. The van der Waals surface area contributed by atoms with Crippen molar-refractivity contribution in [2.24, 2.45) is 0 Å². The van der Waals surface area contributed by atoms with E-state index in [1.807, 2.05) is 28.9 Å². The maximum atomic E-state index is 4.87. The van der Waals surface area contributed by atoms with Crippen LogP contribution in [0.15, 0.2) is 72.2 Å². The van der Waals surface area contributed by atoms with Crippen molar-refractivity contribution >= 4 is 63.7 Å². The first kappa shape index (κ1) is 18.1. The molecule has 1 nitrogen and oxygen atoms in total. The summed E-state index contributed by atoms with van der Waals surface area (Å²) in [6.07, 6.45) is 1.97. The van der Waals surface area contributed by atoms with Gasteiger partial charge in [-0.25, -0.2) is 0 Å². The fourth-order valence-corrected chi connectivity index (χ4v) is 6.55. The summed E-state index contributed by atoms with van der Waals surface area (Å²) >= 11 is 3.67. The predicted octanol–water partition coefficient (Wildman–Crippen LogP) is 8.78. The molecule has 0 atom stereocenters. The maximum absolute atomic E-state index is 4.87. The van der Waals surface area contributed by atoms with Crippen molar-refractivity contribution < 1.29 is 0 Å². The Labute approximate surface area is 183 Å². The molecule has 0 aliphatic rings. The minimum atomic E-state index is 0.0635. The first-order chi connectivity index (χ1) is 14.5. The van der Waals surface area contributed by atoms with E-state index < -0.39 is 0 Å². The molecule has 6 aromatic rings. The van der Waals surface area contributed by atoms with Crippen LogP contribution in [0.3, 0.4) is 0 Å². The fraction of sp³-hybridized carbons (Fsp3) is 0.148. The molecule has 0 fully saturated rings. The standard InChI is InChI=1S/C27H21NS2/c1-27(2,3)22-14-18(12-16-6-4-5-7-19(16)22)25-26-20(8-10-28-25)21-13-17-9-11-29-23(17)15-24(21)30-26/h4-15H,1-3H3. The van der Waals surface area contributed by atoms with Crippen LogP contribution in [-0.4, -0.2) is 4.98 Å². The third-order valence-electron chi connectivity index (χ3n) is 5.90. The predicted molar refractivity (Wildman–Crippen MR) is 134 cm³/mol. The fourth-order valence-electron chi connectivity index (χ4n) is 4.43. The van der Waals surface area contributed by atoms with Gasteiger partial charge in [0.15, 0.2) is 0 Å². The van der Waals surface area contributed by atoms with Crippen molar-refractivity contribution in [3.8, 4) is 11.3 Å². The molecule has 6 rings (SSSR count). The van der Waals surface area contributed by atoms with Gasteiger partial charge < -0.3 is 0 Å². The van der Waals surface area contributed by atoms with Gasteiger partial charge in [-0.2, -0.15) is 0 Å². The highest BCUT2D eigenvalue weighted by Gasteiger charge is 2.20. The number of benzene rings is 3. The average Bonchev–Trinajstić information content (AvgIpc) is 3.33. The number of nitrogens with zero attached hydrogens (tertiary/aromatic N) is 1. The quantitative estimate of drug-likeness (QED) is 0.257. The van der Waals surface area contributed by atoms with Gasteiger partial charge in [0, 0.05) is 31.9 Å². The molecule has 0 spiro atoms. The number of pyridine rings is 1. The van der Waals surface area contributed by atoms with E-state index in [1.54, 1.807) is 0 Å². The second-order valence-corrected chi connectivity index (χ2v) is 10.9. The van der Waals surface area contributed by atoms with Gasteiger partial charge in [0.1, 0.15) is 0 Å². The van der Waals surface area contributed by atoms with Gasteiger partial charge in [-0.15, -0.1) is 22.7 Å². The average molecular weight is 424 g/mol. The van der Waals surface area contributed by atoms with Crippen molar-refractivity contribution in [2.75, 3.05) is 0 Å². The third kappa shape index (κ3) is 2.69. The van der Waals surface area contributed by atoms with Crippen LogP contribution in [0.4, 0.5) is 0 Å². The minimum Gasteiger partial charge on any atom is -0.255 e. The smallest absolute Gasteiger partial charge is 0.0880 e. The van der Waals surface area contributed by atoms with Crippen LogP contribution in [0.1, 0.15) is 26.3 Å². The summed E-state index contributed by atoms with van der Waals surface area (Å²) < 4.78 is 3.97. The molecule has 0 radical (unpaired) electrons. The van der Waals surface area contributed by atoms with Gasteiger partial charge in [0.05, 0.1) is 10.4 Å². The molecule has 0 N–H and O–H groups in total. The van der Waals surface area contributed by atoms with E-state index in [1.165, 1.54) is 52.2 Å². The Hall–Kier alpha value is -2.75. The zero-order valence-electron chi connectivity index (χ0n) is 17.2. The summed E-state index contributed by atoms with van der Waals surface area (Å²) in [6, 6.07) is 22.4. The van der Waals surface area contributed by atoms with E-state index in [0.29, 0.717) is 0 Å². The lowest BCUT2D eigenvalue weighted by atomic mass is 9.82. The summed E-state index contributed by atoms with van der Waals surface area (Å²) in [7, 11) is 0. The monoisotopic (exact) mass is 423 g/mol. The highest BCUT2D eigenvalue weighted by molar-refractivity contribution is 7.26. The Balaban J connectivity index is 1.68. The molecular weight excluding hydrogens is 402 g/mol. The number of aromatic nitrogens is 1. The number of hydrogen-bond acceptors (Lipinski definition) is 3. The summed E-state index contributed by atoms with van der Waals surface area (Å²) in [4.78, 5) is 4.87. The van der Waals surface area contributed by atoms with Crippen molar-refractivity contribution in [1.82, 2.24) is 4.98 Å². The van der Waals surface area contributed by atoms with Gasteiger partial charge in [0.25, 0.3) is 0 Å². The van der Waals surface area contributed by atoms with E-state index in [0.717, 1.165) is 5.69 Å². The Morgan fingerprint density at radius 1 is 0.767 bits per heavy atom. The zero-order chi connectivity index (χ0) is 20.5. The Morgan fingerprint density at radius 2 is 1.63 bits per heavy atom. The lowest BCUT2D eigenvalue weighted by Gasteiger charge is -2.22. The molecule has 0 aliphatic heterocycles. The summed E-state index contributed by atoms with van der Waals surface area (Å²) in [5.41, 5.74) is 3.73. The second kappa shape index (κ2) is 6.37. The molecule has 146 valence electrons. The Morgan fingerprint density at radius 3 is 2.50 bits per heavy atom. The van der Waals surface area contributed by atoms with Crippen LogP contribution in [-0.2, 0) is 5.41 Å². The molecular formula is C27H21NS2. The van der Waals surface area contributed by atoms with Crippen LogP contribution in [0.2, 0.25) is 0 Å². The number of fused-ring (bicyclic) bond motifs is 5. The molecule has 3 heteroatoms. The second-order valence-electron chi connectivity index (χ2n) is 8.94. The first-order valence-corrected chi connectivity index (χ1v) is 11.9. The van der Waals surface area contributed by atoms with E-state index in [2.05, 4.69) is 86.8 Å². The van der Waals surface area contributed by atoms with E-state index in [9.17, 15) is 0 Å². The van der Waals surface area contributed by atoms with Crippen molar-refractivity contribution in [3.63, 3.8) is 0 Å². The summed E-state index contributed by atoms with van der Waals surface area (Å²) in [5.74, 6) is 0.